The van der Waals surface area contributed by atoms with Gasteiger partial charge in [-0.05, 0) is 20.8 Å². The number of carbonyl (C=O) groups excluding carboxylic acids is 1. The highest BCUT2D eigenvalue weighted by Crippen LogP contribution is 2.19. The zero-order valence-electron chi connectivity index (χ0n) is 11.0. The van der Waals surface area contributed by atoms with Crippen LogP contribution in [0.4, 0.5) is 5.13 Å². The molecule has 0 aliphatic carbocycles. The van der Waals surface area contributed by atoms with E-state index in [-0.39, 0.29) is 0 Å². The number of carbonyl (C=O) groups is 1. The highest BCUT2D eigenvalue weighted by molar-refractivity contribution is 7.13. The molecule has 0 aliphatic rings. The van der Waals surface area contributed by atoms with Gasteiger partial charge < -0.3 is 14.6 Å². The number of rotatable bonds is 5. The maximum atomic E-state index is 11.5. The maximum Gasteiger partial charge on any atom is 0.357 e. The quantitative estimate of drug-likeness (QED) is 0.849. The number of nitrogens with one attached hydrogen (secondary N) is 1. The van der Waals surface area contributed by atoms with E-state index in [1.807, 2.05) is 13.8 Å². The van der Waals surface area contributed by atoms with E-state index < -0.39 is 5.97 Å². The Morgan fingerprint density at radius 2 is 2.32 bits per heavy atom. The van der Waals surface area contributed by atoms with Crippen molar-refractivity contribution in [2.24, 2.45) is 0 Å². The predicted octanol–water partition coefficient (Wildman–Crippen LogP) is 2.54. The summed E-state index contributed by atoms with van der Waals surface area (Å²) in [5, 5.41) is 9.37. The summed E-state index contributed by atoms with van der Waals surface area (Å²) in [5.74, 6) is 0.385. The van der Waals surface area contributed by atoms with Crippen LogP contribution in [0.2, 0.25) is 0 Å². The monoisotopic (exact) mass is 281 g/mol. The van der Waals surface area contributed by atoms with Gasteiger partial charge in [0.2, 0.25) is 0 Å². The van der Waals surface area contributed by atoms with Crippen LogP contribution in [0.3, 0.4) is 0 Å². The smallest absolute Gasteiger partial charge is 0.357 e. The number of aromatic nitrogens is 2. The average Bonchev–Trinajstić information content (AvgIpc) is 2.96. The molecule has 0 radical (unpaired) electrons. The Bertz CT molecular complexity index is 557. The summed E-state index contributed by atoms with van der Waals surface area (Å²) in [6.07, 6.45) is 0. The summed E-state index contributed by atoms with van der Waals surface area (Å²) in [5.41, 5.74) is 2.19. The summed E-state index contributed by atoms with van der Waals surface area (Å²) in [4.78, 5) is 15.6. The van der Waals surface area contributed by atoms with Gasteiger partial charge in [-0.3, -0.25) is 0 Å². The third-order valence-corrected chi connectivity index (χ3v) is 3.39. The maximum absolute atomic E-state index is 11.5. The van der Waals surface area contributed by atoms with Crippen molar-refractivity contribution in [2.45, 2.75) is 27.3 Å². The second-order valence-corrected chi connectivity index (χ2v) is 4.77. The fourth-order valence-corrected chi connectivity index (χ4v) is 2.25. The van der Waals surface area contributed by atoms with Gasteiger partial charge in [0.1, 0.15) is 5.76 Å². The molecule has 1 N–H and O–H groups in total. The van der Waals surface area contributed by atoms with Gasteiger partial charge in [0.15, 0.2) is 10.8 Å². The first kappa shape index (κ1) is 13.5. The summed E-state index contributed by atoms with van der Waals surface area (Å²) < 4.78 is 9.96. The Kier molecular flexibility index (Phi) is 4.16. The van der Waals surface area contributed by atoms with Crippen molar-refractivity contribution in [2.75, 3.05) is 11.9 Å². The Balaban J connectivity index is 1.99. The summed E-state index contributed by atoms with van der Waals surface area (Å²) in [6.45, 7) is 6.43. The van der Waals surface area contributed by atoms with Crippen molar-refractivity contribution in [1.29, 1.82) is 0 Å². The topological polar surface area (TPSA) is 77.2 Å². The van der Waals surface area contributed by atoms with Gasteiger partial charge in [0.25, 0.3) is 0 Å². The molecule has 2 heterocycles. The average molecular weight is 281 g/mol. The molecule has 0 saturated carbocycles. The Morgan fingerprint density at radius 3 is 2.95 bits per heavy atom. The van der Waals surface area contributed by atoms with Crippen LogP contribution in [-0.2, 0) is 11.3 Å². The Labute approximate surface area is 114 Å². The van der Waals surface area contributed by atoms with Gasteiger partial charge in [0.05, 0.1) is 12.3 Å². The first-order valence-electron chi connectivity index (χ1n) is 5.90. The zero-order chi connectivity index (χ0) is 13.8. The van der Waals surface area contributed by atoms with Gasteiger partial charge in [-0.1, -0.05) is 5.16 Å². The van der Waals surface area contributed by atoms with Gasteiger partial charge in [-0.25, -0.2) is 9.78 Å². The van der Waals surface area contributed by atoms with Gasteiger partial charge in [0, 0.05) is 17.5 Å². The van der Waals surface area contributed by atoms with Crippen LogP contribution < -0.4 is 5.32 Å². The molecule has 0 spiro atoms. The Hall–Kier alpha value is -1.89. The third kappa shape index (κ3) is 3.11. The van der Waals surface area contributed by atoms with E-state index in [1.54, 1.807) is 12.3 Å². The standard InChI is InChI=1S/C12H15N3O3S/c1-4-17-11(16)10-6-19-12(14-10)13-5-9-7(2)15-18-8(9)3/h6H,4-5H2,1-3H3,(H,13,14). The van der Waals surface area contributed by atoms with E-state index in [0.29, 0.717) is 24.0 Å². The van der Waals surface area contributed by atoms with Crippen LogP contribution in [0.1, 0.15) is 34.4 Å². The molecule has 102 valence electrons. The van der Waals surface area contributed by atoms with E-state index in [9.17, 15) is 4.79 Å². The molecule has 0 fully saturated rings. The lowest BCUT2D eigenvalue weighted by Crippen LogP contribution is -2.06. The fraction of sp³-hybridized carbons (Fsp3) is 0.417. The lowest BCUT2D eigenvalue weighted by Gasteiger charge is -2.01. The zero-order valence-corrected chi connectivity index (χ0v) is 11.8. The minimum atomic E-state index is -0.399. The van der Waals surface area contributed by atoms with E-state index in [2.05, 4.69) is 15.5 Å². The molecule has 2 aromatic heterocycles. The van der Waals surface area contributed by atoms with E-state index in [0.717, 1.165) is 17.0 Å². The summed E-state index contributed by atoms with van der Waals surface area (Å²) in [7, 11) is 0. The number of ether oxygens (including phenoxy) is 1. The third-order valence-electron chi connectivity index (χ3n) is 2.59. The second-order valence-electron chi connectivity index (χ2n) is 3.91. The van der Waals surface area contributed by atoms with E-state index in [1.165, 1.54) is 11.3 Å². The second kappa shape index (κ2) is 5.83. The van der Waals surface area contributed by atoms with Crippen LogP contribution in [0, 0.1) is 13.8 Å². The molecule has 2 rings (SSSR count). The van der Waals surface area contributed by atoms with Crippen molar-refractivity contribution in [3.63, 3.8) is 0 Å². The Morgan fingerprint density at radius 1 is 1.53 bits per heavy atom. The van der Waals surface area contributed by atoms with Crippen LogP contribution in [0.25, 0.3) is 0 Å². The number of thiazole rings is 1. The molecule has 0 saturated heterocycles. The molecule has 6 nitrogen and oxygen atoms in total. The van der Waals surface area contributed by atoms with Crippen LogP contribution >= 0.6 is 11.3 Å². The molecule has 0 unspecified atom stereocenters. The largest absolute Gasteiger partial charge is 0.461 e. The van der Waals surface area contributed by atoms with Crippen LogP contribution in [-0.4, -0.2) is 22.7 Å². The normalized spacial score (nSPS) is 10.5. The number of nitrogens with zero attached hydrogens (tertiary/aromatic N) is 2. The van der Waals surface area contributed by atoms with Crippen molar-refractivity contribution in [1.82, 2.24) is 10.1 Å². The molecule has 0 amide bonds. The fourth-order valence-electron chi connectivity index (χ4n) is 1.57. The van der Waals surface area contributed by atoms with Crippen molar-refractivity contribution in [3.05, 3.63) is 28.1 Å². The molecular formula is C12H15N3O3S. The first-order chi connectivity index (χ1) is 9.11. The molecular weight excluding hydrogens is 266 g/mol. The van der Waals surface area contributed by atoms with Gasteiger partial charge >= 0.3 is 5.97 Å². The van der Waals surface area contributed by atoms with Gasteiger partial charge in [-0.15, -0.1) is 11.3 Å². The van der Waals surface area contributed by atoms with Crippen LogP contribution in [0.5, 0.6) is 0 Å². The van der Waals surface area contributed by atoms with E-state index >= 15 is 0 Å². The van der Waals surface area contributed by atoms with Crippen molar-refractivity contribution in [3.8, 4) is 0 Å². The summed E-state index contributed by atoms with van der Waals surface area (Å²) >= 11 is 1.36. The van der Waals surface area contributed by atoms with Crippen LogP contribution in [0.15, 0.2) is 9.90 Å². The lowest BCUT2D eigenvalue weighted by molar-refractivity contribution is 0.0520. The number of aryl methyl sites for hydroxylation is 2. The molecule has 2 aromatic rings. The number of anilines is 1. The van der Waals surface area contributed by atoms with Crippen molar-refractivity contribution >= 4 is 22.4 Å². The molecule has 0 atom stereocenters. The SMILES string of the molecule is CCOC(=O)c1csc(NCc2c(C)noc2C)n1. The highest BCUT2D eigenvalue weighted by atomic mass is 32.1. The van der Waals surface area contributed by atoms with Gasteiger partial charge in [-0.2, -0.15) is 0 Å². The predicted molar refractivity (Wildman–Crippen MR) is 71.4 cm³/mol. The summed E-state index contributed by atoms with van der Waals surface area (Å²) in [6, 6.07) is 0. The molecule has 0 aliphatic heterocycles. The molecule has 7 heteroatoms. The minimum absolute atomic E-state index is 0.327. The molecule has 0 aromatic carbocycles. The minimum Gasteiger partial charge on any atom is -0.461 e. The lowest BCUT2D eigenvalue weighted by atomic mass is 10.2. The molecule has 0 bridgehead atoms. The highest BCUT2D eigenvalue weighted by Gasteiger charge is 2.13. The number of hydrogen-bond donors (Lipinski definition) is 1. The van der Waals surface area contributed by atoms with E-state index in [4.69, 9.17) is 9.26 Å². The number of esters is 1. The first-order valence-corrected chi connectivity index (χ1v) is 6.78. The van der Waals surface area contributed by atoms with Crippen molar-refractivity contribution < 1.29 is 14.1 Å². The number of hydrogen-bond acceptors (Lipinski definition) is 7. The molecule has 19 heavy (non-hydrogen) atoms.